The first-order valence-electron chi connectivity index (χ1n) is 4.81. The molecule has 1 heterocycles. The fourth-order valence-electron chi connectivity index (χ4n) is 1.10. The van der Waals surface area contributed by atoms with E-state index >= 15 is 0 Å². The van der Waals surface area contributed by atoms with E-state index < -0.39 is 0 Å². The molecule has 0 N–H and O–H groups in total. The van der Waals surface area contributed by atoms with Crippen molar-refractivity contribution in [2.75, 3.05) is 6.61 Å². The molecule has 0 unspecified atom stereocenters. The van der Waals surface area contributed by atoms with E-state index in [0.29, 0.717) is 18.5 Å². The zero-order valence-corrected chi connectivity index (χ0v) is 10.7. The number of nitrogens with zero attached hydrogens (tertiary/aromatic N) is 2. The maximum absolute atomic E-state index is 5.86. The number of hydrogen-bond acceptors (Lipinski definition) is 2. The van der Waals surface area contributed by atoms with E-state index in [-0.39, 0.29) is 10.4 Å². The van der Waals surface area contributed by atoms with Gasteiger partial charge < -0.3 is 4.74 Å². The molecule has 0 aromatic carbocycles. The van der Waals surface area contributed by atoms with Crippen LogP contribution in [0.4, 0.5) is 0 Å². The molecule has 0 saturated carbocycles. The molecule has 0 atom stereocenters. The number of aromatic nitrogens is 2. The minimum Gasteiger partial charge on any atom is -0.361 e. The second kappa shape index (κ2) is 6.59. The van der Waals surface area contributed by atoms with Gasteiger partial charge in [-0.2, -0.15) is 0 Å². The summed E-state index contributed by atoms with van der Waals surface area (Å²) in [5.74, 6) is 0. The number of hydrogen-bond donors (Lipinski definition) is 0. The van der Waals surface area contributed by atoms with Crippen molar-refractivity contribution in [3.8, 4) is 0 Å². The highest BCUT2D eigenvalue weighted by Crippen LogP contribution is 2.25. The van der Waals surface area contributed by atoms with E-state index in [2.05, 4.69) is 11.9 Å². The van der Waals surface area contributed by atoms with Crippen molar-refractivity contribution in [3.05, 3.63) is 15.6 Å². The highest BCUT2D eigenvalue weighted by atomic mass is 35.5. The van der Waals surface area contributed by atoms with Crippen molar-refractivity contribution in [1.82, 2.24) is 9.55 Å². The van der Waals surface area contributed by atoms with Crippen LogP contribution in [0.1, 0.15) is 26.2 Å². The Labute approximate surface area is 104 Å². The molecule has 3 nitrogen and oxygen atoms in total. The van der Waals surface area contributed by atoms with Crippen molar-refractivity contribution < 1.29 is 4.74 Å². The molecule has 15 heavy (non-hydrogen) atoms. The molecule has 0 fully saturated rings. The van der Waals surface area contributed by atoms with Gasteiger partial charge in [-0.1, -0.05) is 43.0 Å². The van der Waals surface area contributed by atoms with E-state index in [1.807, 2.05) is 0 Å². The number of imidazole rings is 1. The summed E-state index contributed by atoms with van der Waals surface area (Å²) < 4.78 is 6.92. The summed E-state index contributed by atoms with van der Waals surface area (Å²) in [7, 11) is 0. The van der Waals surface area contributed by atoms with Crippen LogP contribution in [0.2, 0.25) is 15.6 Å². The smallest absolute Gasteiger partial charge is 0.207 e. The van der Waals surface area contributed by atoms with Gasteiger partial charge in [-0.3, -0.25) is 4.57 Å². The quantitative estimate of drug-likeness (QED) is 0.731. The van der Waals surface area contributed by atoms with E-state index in [9.17, 15) is 0 Å². The molecular weight excluding hydrogens is 258 g/mol. The van der Waals surface area contributed by atoms with Gasteiger partial charge in [-0.25, -0.2) is 4.98 Å². The van der Waals surface area contributed by atoms with Crippen LogP contribution in [0.3, 0.4) is 0 Å². The van der Waals surface area contributed by atoms with Crippen LogP contribution in [0.25, 0.3) is 0 Å². The van der Waals surface area contributed by atoms with Gasteiger partial charge in [-0.15, -0.1) is 0 Å². The summed E-state index contributed by atoms with van der Waals surface area (Å²) in [6, 6.07) is 0. The van der Waals surface area contributed by atoms with E-state index in [1.54, 1.807) is 0 Å². The van der Waals surface area contributed by atoms with Gasteiger partial charge >= 0.3 is 0 Å². The van der Waals surface area contributed by atoms with Gasteiger partial charge in [0.2, 0.25) is 5.28 Å². The lowest BCUT2D eigenvalue weighted by Crippen LogP contribution is -2.04. The van der Waals surface area contributed by atoms with Gasteiger partial charge in [0.1, 0.15) is 6.73 Å². The van der Waals surface area contributed by atoms with Crippen LogP contribution in [0.5, 0.6) is 0 Å². The van der Waals surface area contributed by atoms with Crippen LogP contribution in [0, 0.1) is 0 Å². The lowest BCUT2D eigenvalue weighted by Gasteiger charge is -2.06. The second-order valence-electron chi connectivity index (χ2n) is 3.13. The normalized spacial score (nSPS) is 10.9. The minimum absolute atomic E-state index is 0.207. The molecule has 1 rings (SSSR count). The maximum atomic E-state index is 5.86. The zero-order valence-electron chi connectivity index (χ0n) is 8.47. The molecule has 0 saturated heterocycles. The zero-order chi connectivity index (χ0) is 11.3. The molecule has 1 aromatic rings. The number of halogens is 3. The Balaban J connectivity index is 2.37. The predicted octanol–water partition coefficient (Wildman–Crippen LogP) is 4.01. The van der Waals surface area contributed by atoms with Gasteiger partial charge in [0.25, 0.3) is 0 Å². The molecule has 0 spiro atoms. The Morgan fingerprint density at radius 3 is 2.53 bits per heavy atom. The molecule has 1 aromatic heterocycles. The first-order valence-corrected chi connectivity index (χ1v) is 5.95. The first kappa shape index (κ1) is 13.1. The highest BCUT2D eigenvalue weighted by molar-refractivity contribution is 6.41. The van der Waals surface area contributed by atoms with Crippen molar-refractivity contribution in [3.63, 3.8) is 0 Å². The molecule has 0 radical (unpaired) electrons. The molecule has 86 valence electrons. The van der Waals surface area contributed by atoms with E-state index in [1.165, 1.54) is 11.0 Å². The fourth-order valence-corrected chi connectivity index (χ4v) is 1.76. The monoisotopic (exact) mass is 270 g/mol. The van der Waals surface area contributed by atoms with E-state index in [0.717, 1.165) is 12.8 Å². The largest absolute Gasteiger partial charge is 0.361 e. The SMILES string of the molecule is CCCCCOCn1c(Cl)nc(Cl)c1Cl. The summed E-state index contributed by atoms with van der Waals surface area (Å²) in [6.07, 6.45) is 3.36. The van der Waals surface area contributed by atoms with Gasteiger partial charge in [-0.05, 0) is 18.0 Å². The standard InChI is InChI=1S/C9H13Cl3N2O/c1-2-3-4-5-15-6-14-8(11)7(10)13-9(14)12/h2-6H2,1H3. The number of unbranched alkanes of at least 4 members (excludes halogenated alkanes) is 2. The van der Waals surface area contributed by atoms with E-state index in [4.69, 9.17) is 39.5 Å². The van der Waals surface area contributed by atoms with Crippen LogP contribution in [0.15, 0.2) is 0 Å². The summed E-state index contributed by atoms with van der Waals surface area (Å²) >= 11 is 17.3. The third-order valence-corrected chi connectivity index (χ3v) is 2.96. The van der Waals surface area contributed by atoms with Crippen LogP contribution in [-0.4, -0.2) is 16.2 Å². The Hall–Kier alpha value is 0.0400. The predicted molar refractivity (Wildman–Crippen MR) is 62.7 cm³/mol. The number of rotatable bonds is 6. The Bertz CT molecular complexity index is 315. The average Bonchev–Trinajstić information content (AvgIpc) is 2.44. The van der Waals surface area contributed by atoms with Gasteiger partial charge in [0.15, 0.2) is 10.3 Å². The summed E-state index contributed by atoms with van der Waals surface area (Å²) in [5, 5.41) is 0.775. The van der Waals surface area contributed by atoms with Crippen molar-refractivity contribution in [2.45, 2.75) is 32.9 Å². The van der Waals surface area contributed by atoms with Crippen LogP contribution < -0.4 is 0 Å². The molecule has 0 amide bonds. The summed E-state index contributed by atoms with van der Waals surface area (Å²) in [4.78, 5) is 3.81. The third kappa shape index (κ3) is 3.83. The highest BCUT2D eigenvalue weighted by Gasteiger charge is 2.11. The molecule has 0 aliphatic rings. The summed E-state index contributed by atoms with van der Waals surface area (Å²) in [5.41, 5.74) is 0. The summed E-state index contributed by atoms with van der Waals surface area (Å²) in [6.45, 7) is 3.13. The van der Waals surface area contributed by atoms with Gasteiger partial charge in [0.05, 0.1) is 0 Å². The molecule has 0 bridgehead atoms. The van der Waals surface area contributed by atoms with Gasteiger partial charge in [0, 0.05) is 6.61 Å². The number of ether oxygens (including phenoxy) is 1. The fraction of sp³-hybridized carbons (Fsp3) is 0.667. The van der Waals surface area contributed by atoms with Crippen molar-refractivity contribution in [1.29, 1.82) is 0 Å². The third-order valence-electron chi connectivity index (χ3n) is 1.93. The topological polar surface area (TPSA) is 27.1 Å². The molecular formula is C9H13Cl3N2O. The maximum Gasteiger partial charge on any atom is 0.207 e. The van der Waals surface area contributed by atoms with Crippen molar-refractivity contribution in [2.24, 2.45) is 0 Å². The Kier molecular flexibility index (Phi) is 5.75. The first-order chi connectivity index (χ1) is 7.16. The molecule has 6 heteroatoms. The lowest BCUT2D eigenvalue weighted by molar-refractivity contribution is 0.0744. The Morgan fingerprint density at radius 2 is 2.00 bits per heavy atom. The van der Waals surface area contributed by atoms with Crippen LogP contribution >= 0.6 is 34.8 Å². The van der Waals surface area contributed by atoms with Crippen molar-refractivity contribution >= 4 is 34.8 Å². The molecule has 0 aliphatic carbocycles. The van der Waals surface area contributed by atoms with Crippen LogP contribution in [-0.2, 0) is 11.5 Å². The lowest BCUT2D eigenvalue weighted by atomic mass is 10.3. The Morgan fingerprint density at radius 1 is 1.27 bits per heavy atom. The second-order valence-corrected chi connectivity index (χ2v) is 4.19. The molecule has 0 aliphatic heterocycles. The average molecular weight is 272 g/mol. The minimum atomic E-state index is 0.207.